The fourth-order valence-electron chi connectivity index (χ4n) is 4.08. The summed E-state index contributed by atoms with van der Waals surface area (Å²) in [6.45, 7) is 7.65. The molecule has 1 aliphatic carbocycles. The molecule has 0 radical (unpaired) electrons. The standard InChI is InChI=1S/C22H33N3O3/c1-17-3-2-4-18(15-17)16-24-22(27)20-7-5-19(6-8-20)21(26)23-9-10-25-11-13-28-14-12-25/h2-4,15,19-20H,5-14,16H2,1H3,(H,23,26)(H,24,27). The highest BCUT2D eigenvalue weighted by Gasteiger charge is 2.29. The van der Waals surface area contributed by atoms with E-state index in [1.54, 1.807) is 0 Å². The van der Waals surface area contributed by atoms with Gasteiger partial charge in [-0.1, -0.05) is 29.8 Å². The Bertz CT molecular complexity index is 650. The van der Waals surface area contributed by atoms with E-state index < -0.39 is 0 Å². The molecule has 3 rings (SSSR count). The van der Waals surface area contributed by atoms with Crippen molar-refractivity contribution in [3.8, 4) is 0 Å². The van der Waals surface area contributed by atoms with Gasteiger partial charge in [-0.15, -0.1) is 0 Å². The number of nitrogens with zero attached hydrogens (tertiary/aromatic N) is 1. The van der Waals surface area contributed by atoms with Gasteiger partial charge in [0.25, 0.3) is 0 Å². The van der Waals surface area contributed by atoms with Crippen molar-refractivity contribution in [2.45, 2.75) is 39.2 Å². The van der Waals surface area contributed by atoms with Crippen molar-refractivity contribution in [2.24, 2.45) is 11.8 Å². The first-order valence-corrected chi connectivity index (χ1v) is 10.5. The molecule has 1 saturated carbocycles. The van der Waals surface area contributed by atoms with Gasteiger partial charge in [-0.05, 0) is 38.2 Å². The normalized spacial score (nSPS) is 23.2. The van der Waals surface area contributed by atoms with Crippen LogP contribution in [0.3, 0.4) is 0 Å². The van der Waals surface area contributed by atoms with E-state index in [9.17, 15) is 9.59 Å². The maximum absolute atomic E-state index is 12.5. The van der Waals surface area contributed by atoms with Gasteiger partial charge in [0.05, 0.1) is 13.2 Å². The predicted molar refractivity (Wildman–Crippen MR) is 109 cm³/mol. The summed E-state index contributed by atoms with van der Waals surface area (Å²) in [4.78, 5) is 27.2. The first-order chi connectivity index (χ1) is 13.6. The first kappa shape index (κ1) is 20.8. The predicted octanol–water partition coefficient (Wildman–Crippen LogP) is 1.87. The van der Waals surface area contributed by atoms with E-state index in [-0.39, 0.29) is 23.7 Å². The molecular formula is C22H33N3O3. The molecule has 0 atom stereocenters. The van der Waals surface area contributed by atoms with Crippen molar-refractivity contribution in [3.63, 3.8) is 0 Å². The SMILES string of the molecule is Cc1cccc(CNC(=O)C2CCC(C(=O)NCCN3CCOCC3)CC2)c1. The number of nitrogens with one attached hydrogen (secondary N) is 2. The summed E-state index contributed by atoms with van der Waals surface area (Å²) in [5.74, 6) is 0.340. The van der Waals surface area contributed by atoms with E-state index in [1.165, 1.54) is 5.56 Å². The van der Waals surface area contributed by atoms with Gasteiger partial charge in [-0.3, -0.25) is 14.5 Å². The average molecular weight is 388 g/mol. The summed E-state index contributed by atoms with van der Waals surface area (Å²) in [7, 11) is 0. The van der Waals surface area contributed by atoms with Crippen molar-refractivity contribution in [1.29, 1.82) is 0 Å². The van der Waals surface area contributed by atoms with Crippen LogP contribution in [0.15, 0.2) is 24.3 Å². The monoisotopic (exact) mass is 387 g/mol. The number of ether oxygens (including phenoxy) is 1. The Morgan fingerprint density at radius 1 is 1.04 bits per heavy atom. The summed E-state index contributed by atoms with van der Waals surface area (Å²) >= 11 is 0. The van der Waals surface area contributed by atoms with Crippen LogP contribution in [0.2, 0.25) is 0 Å². The van der Waals surface area contributed by atoms with Gasteiger partial charge in [0.1, 0.15) is 0 Å². The third-order valence-electron chi connectivity index (χ3n) is 5.85. The summed E-state index contributed by atoms with van der Waals surface area (Å²) in [6, 6.07) is 8.20. The lowest BCUT2D eigenvalue weighted by molar-refractivity contribution is -0.130. The van der Waals surface area contributed by atoms with Gasteiger partial charge in [0.2, 0.25) is 11.8 Å². The van der Waals surface area contributed by atoms with Crippen molar-refractivity contribution in [1.82, 2.24) is 15.5 Å². The van der Waals surface area contributed by atoms with Gasteiger partial charge < -0.3 is 15.4 Å². The van der Waals surface area contributed by atoms with Crippen LogP contribution < -0.4 is 10.6 Å². The fourth-order valence-corrected chi connectivity index (χ4v) is 4.08. The lowest BCUT2D eigenvalue weighted by Gasteiger charge is -2.28. The zero-order chi connectivity index (χ0) is 19.8. The minimum Gasteiger partial charge on any atom is -0.379 e. The number of hydrogen-bond donors (Lipinski definition) is 2. The van der Waals surface area contributed by atoms with Crippen molar-refractivity contribution in [3.05, 3.63) is 35.4 Å². The second-order valence-electron chi connectivity index (χ2n) is 8.00. The zero-order valence-corrected chi connectivity index (χ0v) is 16.9. The molecule has 2 amide bonds. The Morgan fingerprint density at radius 2 is 1.68 bits per heavy atom. The molecule has 0 bridgehead atoms. The first-order valence-electron chi connectivity index (χ1n) is 10.5. The number of amides is 2. The molecule has 0 unspecified atom stereocenters. The van der Waals surface area contributed by atoms with Gasteiger partial charge >= 0.3 is 0 Å². The van der Waals surface area contributed by atoms with E-state index in [2.05, 4.69) is 34.6 Å². The van der Waals surface area contributed by atoms with Gasteiger partial charge in [0, 0.05) is 44.6 Å². The highest BCUT2D eigenvalue weighted by atomic mass is 16.5. The summed E-state index contributed by atoms with van der Waals surface area (Å²) < 4.78 is 5.34. The van der Waals surface area contributed by atoms with Crippen LogP contribution in [0.25, 0.3) is 0 Å². The van der Waals surface area contributed by atoms with Crippen LogP contribution in [0, 0.1) is 18.8 Å². The molecule has 0 spiro atoms. The molecule has 1 heterocycles. The molecule has 1 aliphatic heterocycles. The third kappa shape index (κ3) is 6.31. The zero-order valence-electron chi connectivity index (χ0n) is 16.9. The number of rotatable bonds is 7. The number of hydrogen-bond acceptors (Lipinski definition) is 4. The minimum absolute atomic E-state index is 0.0298. The summed E-state index contributed by atoms with van der Waals surface area (Å²) in [5.41, 5.74) is 2.33. The van der Waals surface area contributed by atoms with Crippen molar-refractivity contribution >= 4 is 11.8 Å². The molecule has 0 aromatic heterocycles. The van der Waals surface area contributed by atoms with E-state index in [4.69, 9.17) is 4.74 Å². The lowest BCUT2D eigenvalue weighted by atomic mass is 9.81. The molecule has 6 nitrogen and oxygen atoms in total. The second kappa shape index (κ2) is 10.6. The maximum atomic E-state index is 12.5. The molecule has 1 aromatic carbocycles. The Labute approximate surface area is 168 Å². The fraction of sp³-hybridized carbons (Fsp3) is 0.636. The van der Waals surface area contributed by atoms with Crippen molar-refractivity contribution < 1.29 is 14.3 Å². The third-order valence-corrected chi connectivity index (χ3v) is 5.85. The molecule has 2 aliphatic rings. The molecule has 1 saturated heterocycles. The van der Waals surface area contributed by atoms with Gasteiger partial charge in [-0.25, -0.2) is 0 Å². The second-order valence-corrected chi connectivity index (χ2v) is 8.00. The van der Waals surface area contributed by atoms with Crippen LogP contribution in [-0.4, -0.2) is 56.1 Å². The highest BCUT2D eigenvalue weighted by molar-refractivity contribution is 5.81. The van der Waals surface area contributed by atoms with E-state index in [0.29, 0.717) is 13.1 Å². The molecule has 2 N–H and O–H groups in total. The molecule has 2 fully saturated rings. The Kier molecular flexibility index (Phi) is 7.86. The van der Waals surface area contributed by atoms with Crippen LogP contribution in [0.4, 0.5) is 0 Å². The maximum Gasteiger partial charge on any atom is 0.223 e. The highest BCUT2D eigenvalue weighted by Crippen LogP contribution is 2.29. The Balaban J connectivity index is 1.32. The van der Waals surface area contributed by atoms with Crippen LogP contribution in [-0.2, 0) is 20.9 Å². The molecule has 1 aromatic rings. The quantitative estimate of drug-likeness (QED) is 0.749. The van der Waals surface area contributed by atoms with E-state index in [1.807, 2.05) is 12.1 Å². The molecule has 6 heteroatoms. The summed E-state index contributed by atoms with van der Waals surface area (Å²) in [5, 5.41) is 6.13. The van der Waals surface area contributed by atoms with Gasteiger partial charge in [-0.2, -0.15) is 0 Å². The Hall–Kier alpha value is -1.92. The topological polar surface area (TPSA) is 70.7 Å². The van der Waals surface area contributed by atoms with Crippen LogP contribution in [0.1, 0.15) is 36.8 Å². The number of carbonyl (C=O) groups excluding carboxylic acids is 2. The Morgan fingerprint density at radius 3 is 2.32 bits per heavy atom. The smallest absolute Gasteiger partial charge is 0.223 e. The van der Waals surface area contributed by atoms with Crippen molar-refractivity contribution in [2.75, 3.05) is 39.4 Å². The molecular weight excluding hydrogens is 354 g/mol. The lowest BCUT2D eigenvalue weighted by Crippen LogP contribution is -2.43. The van der Waals surface area contributed by atoms with Crippen LogP contribution in [0.5, 0.6) is 0 Å². The summed E-state index contributed by atoms with van der Waals surface area (Å²) in [6.07, 6.45) is 3.18. The molecule has 28 heavy (non-hydrogen) atoms. The van der Waals surface area contributed by atoms with E-state index >= 15 is 0 Å². The number of benzene rings is 1. The van der Waals surface area contributed by atoms with Crippen LogP contribution >= 0.6 is 0 Å². The largest absolute Gasteiger partial charge is 0.379 e. The average Bonchev–Trinajstić information content (AvgIpc) is 2.73. The number of morpholine rings is 1. The molecule has 154 valence electrons. The minimum atomic E-state index is 0.0298. The number of carbonyl (C=O) groups is 2. The van der Waals surface area contributed by atoms with E-state index in [0.717, 1.165) is 64.1 Å². The number of aryl methyl sites for hydroxylation is 1. The van der Waals surface area contributed by atoms with Gasteiger partial charge in [0.15, 0.2) is 0 Å².